The van der Waals surface area contributed by atoms with Crippen LogP contribution in [0.4, 0.5) is 0 Å². The van der Waals surface area contributed by atoms with Gasteiger partial charge >= 0.3 is 5.97 Å². The van der Waals surface area contributed by atoms with E-state index in [0.717, 1.165) is 16.6 Å². The van der Waals surface area contributed by atoms with Crippen molar-refractivity contribution >= 4 is 40.3 Å². The van der Waals surface area contributed by atoms with Gasteiger partial charge in [0.2, 0.25) is 0 Å². The Bertz CT molecular complexity index is 1470. The summed E-state index contributed by atoms with van der Waals surface area (Å²) in [6.45, 7) is 2.09. The number of aromatic amines is 1. The lowest BCUT2D eigenvalue weighted by Gasteiger charge is -2.14. The van der Waals surface area contributed by atoms with Gasteiger partial charge in [-0.25, -0.2) is 9.78 Å². The van der Waals surface area contributed by atoms with Crippen molar-refractivity contribution in [2.75, 3.05) is 7.11 Å². The number of fused-ring (bicyclic) bond motifs is 1. The molecule has 8 heteroatoms. The summed E-state index contributed by atoms with van der Waals surface area (Å²) in [4.78, 5) is 18.9. The van der Waals surface area contributed by atoms with Crippen LogP contribution in [0.15, 0.2) is 54.6 Å². The highest BCUT2D eigenvalue weighted by Gasteiger charge is 2.14. The molecular weight excluding hydrogens is 454 g/mol. The van der Waals surface area contributed by atoms with E-state index in [1.54, 1.807) is 30.3 Å². The number of methoxy groups -OCH3 is 1. The number of ether oxygens (including phenoxy) is 2. The number of hydrogen-bond donors (Lipinski definition) is 2. The fourth-order valence-corrected chi connectivity index (χ4v) is 3.76. The van der Waals surface area contributed by atoms with Crippen LogP contribution < -0.4 is 9.47 Å². The summed E-state index contributed by atoms with van der Waals surface area (Å²) in [6, 6.07) is 17.8. The topological polar surface area (TPSA) is 108 Å². The lowest BCUT2D eigenvalue weighted by Crippen LogP contribution is -2.02. The van der Waals surface area contributed by atoms with Crippen molar-refractivity contribution in [2.24, 2.45) is 0 Å². The van der Waals surface area contributed by atoms with Gasteiger partial charge in [-0.1, -0.05) is 29.8 Å². The van der Waals surface area contributed by atoms with Crippen molar-refractivity contribution < 1.29 is 19.4 Å². The van der Waals surface area contributed by atoms with Gasteiger partial charge in [0, 0.05) is 0 Å². The highest BCUT2D eigenvalue weighted by molar-refractivity contribution is 6.32. The van der Waals surface area contributed by atoms with E-state index in [9.17, 15) is 10.1 Å². The first-order chi connectivity index (χ1) is 16.4. The average molecular weight is 474 g/mol. The number of nitrogens with zero attached hydrogens (tertiary/aromatic N) is 2. The molecule has 0 saturated heterocycles. The van der Waals surface area contributed by atoms with Gasteiger partial charge in [0.1, 0.15) is 18.5 Å². The number of nitriles is 1. The number of benzene rings is 3. The van der Waals surface area contributed by atoms with Crippen LogP contribution >= 0.6 is 11.6 Å². The highest BCUT2D eigenvalue weighted by Crippen LogP contribution is 2.38. The standard InChI is InChI=1S/C26H20ClN3O4/c1-15-6-7-21-22(8-15)30-25(29-21)19(13-28)10-17-11-20(27)24(23(12-17)33-2)34-14-16-4-3-5-18(9-16)26(31)32/h3-12H,14H2,1-2H3,(H,29,30)(H,31,32)/b19-10-. The first kappa shape index (κ1) is 22.9. The number of H-pyrrole nitrogens is 1. The summed E-state index contributed by atoms with van der Waals surface area (Å²) in [5.41, 5.74) is 4.53. The molecule has 0 radical (unpaired) electrons. The van der Waals surface area contributed by atoms with Crippen LogP contribution in [0.1, 0.15) is 32.9 Å². The zero-order valence-corrected chi connectivity index (χ0v) is 19.2. The van der Waals surface area contributed by atoms with E-state index < -0.39 is 5.97 Å². The van der Waals surface area contributed by atoms with E-state index in [1.807, 2.05) is 25.1 Å². The molecule has 0 bridgehead atoms. The van der Waals surface area contributed by atoms with Crippen molar-refractivity contribution in [3.63, 3.8) is 0 Å². The van der Waals surface area contributed by atoms with Gasteiger partial charge in [0.05, 0.1) is 34.3 Å². The molecule has 3 aromatic carbocycles. The van der Waals surface area contributed by atoms with E-state index in [-0.39, 0.29) is 17.2 Å². The lowest BCUT2D eigenvalue weighted by atomic mass is 10.1. The number of halogens is 1. The lowest BCUT2D eigenvalue weighted by molar-refractivity contribution is 0.0696. The van der Waals surface area contributed by atoms with Gasteiger partial charge in [0.15, 0.2) is 11.5 Å². The number of rotatable bonds is 7. The molecule has 0 spiro atoms. The smallest absolute Gasteiger partial charge is 0.335 e. The van der Waals surface area contributed by atoms with Gasteiger partial charge in [-0.05, 0) is 66.1 Å². The monoisotopic (exact) mass is 473 g/mol. The third-order valence-electron chi connectivity index (χ3n) is 5.13. The summed E-state index contributed by atoms with van der Waals surface area (Å²) in [5, 5.41) is 19.2. The normalized spacial score (nSPS) is 11.3. The fourth-order valence-electron chi connectivity index (χ4n) is 3.48. The molecule has 0 atom stereocenters. The first-order valence-corrected chi connectivity index (χ1v) is 10.7. The molecule has 0 aliphatic rings. The van der Waals surface area contributed by atoms with Crippen molar-refractivity contribution in [1.29, 1.82) is 5.26 Å². The Kier molecular flexibility index (Phi) is 6.53. The summed E-state index contributed by atoms with van der Waals surface area (Å²) < 4.78 is 11.3. The molecule has 2 N–H and O–H groups in total. The number of aryl methyl sites for hydroxylation is 1. The molecular formula is C26H20ClN3O4. The molecule has 7 nitrogen and oxygen atoms in total. The number of allylic oxidation sites excluding steroid dienone is 1. The minimum absolute atomic E-state index is 0.105. The first-order valence-electron chi connectivity index (χ1n) is 10.3. The molecule has 0 unspecified atom stereocenters. The number of imidazole rings is 1. The van der Waals surface area contributed by atoms with E-state index in [2.05, 4.69) is 16.0 Å². The number of carboxylic acids is 1. The Morgan fingerprint density at radius 1 is 1.24 bits per heavy atom. The SMILES string of the molecule is COc1cc(/C=C(/C#N)c2nc3ccc(C)cc3[nH]2)cc(Cl)c1OCc1cccc(C(=O)O)c1. The van der Waals surface area contributed by atoms with Gasteiger partial charge in [-0.15, -0.1) is 0 Å². The molecule has 0 aliphatic carbocycles. The second-order valence-corrected chi connectivity index (χ2v) is 8.01. The maximum atomic E-state index is 11.2. The van der Waals surface area contributed by atoms with Crippen LogP contribution in [0, 0.1) is 18.3 Å². The number of nitrogens with one attached hydrogen (secondary N) is 1. The number of hydrogen-bond acceptors (Lipinski definition) is 5. The Morgan fingerprint density at radius 3 is 2.79 bits per heavy atom. The Morgan fingerprint density at radius 2 is 2.06 bits per heavy atom. The molecule has 0 saturated carbocycles. The van der Waals surface area contributed by atoms with Crippen molar-refractivity contribution in [1.82, 2.24) is 9.97 Å². The molecule has 4 rings (SSSR count). The maximum absolute atomic E-state index is 11.2. The summed E-state index contributed by atoms with van der Waals surface area (Å²) in [6.07, 6.45) is 1.67. The zero-order chi connectivity index (χ0) is 24.2. The van der Waals surface area contributed by atoms with Gasteiger partial charge in [-0.3, -0.25) is 0 Å². The van der Waals surface area contributed by atoms with Crippen LogP contribution in [0.25, 0.3) is 22.7 Å². The van der Waals surface area contributed by atoms with Gasteiger partial charge < -0.3 is 19.6 Å². The van der Waals surface area contributed by atoms with E-state index in [1.165, 1.54) is 19.2 Å². The van der Waals surface area contributed by atoms with Crippen LogP contribution in [0.3, 0.4) is 0 Å². The van der Waals surface area contributed by atoms with Crippen molar-refractivity contribution in [3.05, 3.63) is 87.7 Å². The van der Waals surface area contributed by atoms with E-state index in [0.29, 0.717) is 34.0 Å². The quantitative estimate of drug-likeness (QED) is 0.325. The van der Waals surface area contributed by atoms with E-state index in [4.69, 9.17) is 26.2 Å². The molecule has 0 fully saturated rings. The number of carboxylic acid groups (broad SMARTS) is 1. The largest absolute Gasteiger partial charge is 0.493 e. The van der Waals surface area contributed by atoms with Gasteiger partial charge in [-0.2, -0.15) is 5.26 Å². The zero-order valence-electron chi connectivity index (χ0n) is 18.4. The second-order valence-electron chi connectivity index (χ2n) is 7.60. The predicted molar refractivity (Wildman–Crippen MR) is 130 cm³/mol. The molecule has 170 valence electrons. The summed E-state index contributed by atoms with van der Waals surface area (Å²) >= 11 is 6.48. The van der Waals surface area contributed by atoms with E-state index >= 15 is 0 Å². The minimum atomic E-state index is -1.01. The Labute approximate surface area is 200 Å². The molecule has 1 aromatic heterocycles. The molecule has 34 heavy (non-hydrogen) atoms. The minimum Gasteiger partial charge on any atom is -0.493 e. The molecule has 0 amide bonds. The Hall–Kier alpha value is -4.28. The number of carbonyl (C=O) groups is 1. The van der Waals surface area contributed by atoms with Crippen LogP contribution in [0.5, 0.6) is 11.5 Å². The van der Waals surface area contributed by atoms with Crippen LogP contribution in [-0.4, -0.2) is 28.2 Å². The maximum Gasteiger partial charge on any atom is 0.335 e. The van der Waals surface area contributed by atoms with Crippen molar-refractivity contribution in [3.8, 4) is 17.6 Å². The third-order valence-corrected chi connectivity index (χ3v) is 5.41. The van der Waals surface area contributed by atoms with Crippen LogP contribution in [-0.2, 0) is 6.61 Å². The molecule has 1 heterocycles. The fraction of sp³-hybridized carbons (Fsp3) is 0.115. The third kappa shape index (κ3) is 4.87. The number of aromatic carboxylic acids is 1. The average Bonchev–Trinajstić information content (AvgIpc) is 3.24. The Balaban J connectivity index is 1.62. The summed E-state index contributed by atoms with van der Waals surface area (Å²) in [7, 11) is 1.49. The van der Waals surface area contributed by atoms with Gasteiger partial charge in [0.25, 0.3) is 0 Å². The molecule has 4 aromatic rings. The number of aromatic nitrogens is 2. The predicted octanol–water partition coefficient (Wildman–Crippen LogP) is 5.87. The van der Waals surface area contributed by atoms with Crippen molar-refractivity contribution in [2.45, 2.75) is 13.5 Å². The highest BCUT2D eigenvalue weighted by atomic mass is 35.5. The van der Waals surface area contributed by atoms with Crippen LogP contribution in [0.2, 0.25) is 5.02 Å². The molecule has 0 aliphatic heterocycles. The second kappa shape index (κ2) is 9.69. The summed E-state index contributed by atoms with van der Waals surface area (Å²) in [5.74, 6) is 0.142.